The maximum Gasteiger partial charge on any atom is 0.242 e. The van der Waals surface area contributed by atoms with Gasteiger partial charge in [-0.15, -0.1) is 24.8 Å². The minimum atomic E-state index is -0.822. The molecule has 5 nitrogen and oxygen atoms in total. The van der Waals surface area contributed by atoms with Crippen LogP contribution >= 0.6 is 24.8 Å². The van der Waals surface area contributed by atoms with E-state index in [2.05, 4.69) is 5.10 Å². The van der Waals surface area contributed by atoms with Gasteiger partial charge in [0.25, 0.3) is 0 Å². The molecule has 0 atom stereocenters. The molecule has 1 heterocycles. The molecular formula is C10H20Cl2N4O. The van der Waals surface area contributed by atoms with Gasteiger partial charge in [-0.2, -0.15) is 5.10 Å². The summed E-state index contributed by atoms with van der Waals surface area (Å²) in [6.45, 7) is 3.94. The van der Waals surface area contributed by atoms with Gasteiger partial charge in [-0.3, -0.25) is 9.48 Å². The normalized spacial score (nSPS) is 10.2. The first-order valence-corrected chi connectivity index (χ1v) is 4.82. The molecule has 0 spiro atoms. The van der Waals surface area contributed by atoms with E-state index in [0.717, 1.165) is 5.56 Å². The second kappa shape index (κ2) is 6.83. The topological polar surface area (TPSA) is 64.2 Å². The van der Waals surface area contributed by atoms with Gasteiger partial charge in [-0.1, -0.05) is 0 Å². The van der Waals surface area contributed by atoms with Crippen LogP contribution in [0.1, 0.15) is 19.4 Å². The van der Waals surface area contributed by atoms with Crippen molar-refractivity contribution in [3.8, 4) is 0 Å². The minimum absolute atomic E-state index is 0. The SMILES string of the molecule is CN(Cc1cnn(C)c1)C(=O)C(C)(C)N.Cl.Cl. The van der Waals surface area contributed by atoms with Crippen LogP contribution < -0.4 is 5.73 Å². The van der Waals surface area contributed by atoms with Crippen molar-refractivity contribution in [2.45, 2.75) is 25.9 Å². The smallest absolute Gasteiger partial charge is 0.242 e. The number of carbonyl (C=O) groups excluding carboxylic acids is 1. The number of carbonyl (C=O) groups is 1. The van der Waals surface area contributed by atoms with Gasteiger partial charge in [0.2, 0.25) is 5.91 Å². The van der Waals surface area contributed by atoms with Crippen LogP contribution in [0.2, 0.25) is 0 Å². The number of hydrogen-bond donors (Lipinski definition) is 1. The lowest BCUT2D eigenvalue weighted by Gasteiger charge is -2.25. The first-order chi connectivity index (χ1) is 6.80. The molecule has 2 N–H and O–H groups in total. The van der Waals surface area contributed by atoms with Crippen LogP contribution in [0.15, 0.2) is 12.4 Å². The average molecular weight is 283 g/mol. The molecular weight excluding hydrogens is 263 g/mol. The Bertz CT molecular complexity index is 359. The van der Waals surface area contributed by atoms with Crippen LogP contribution in [-0.2, 0) is 18.4 Å². The first kappa shape index (κ1) is 18.6. The van der Waals surface area contributed by atoms with E-state index in [4.69, 9.17) is 5.73 Å². The summed E-state index contributed by atoms with van der Waals surface area (Å²) >= 11 is 0. The zero-order chi connectivity index (χ0) is 11.6. The van der Waals surface area contributed by atoms with E-state index in [9.17, 15) is 4.79 Å². The lowest BCUT2D eigenvalue weighted by molar-refractivity contribution is -0.134. The predicted octanol–water partition coefficient (Wildman–Crippen LogP) is 0.959. The molecule has 0 aliphatic rings. The van der Waals surface area contributed by atoms with Crippen molar-refractivity contribution >= 4 is 30.7 Å². The number of nitrogens with zero attached hydrogens (tertiary/aromatic N) is 3. The summed E-state index contributed by atoms with van der Waals surface area (Å²) in [5, 5.41) is 4.04. The van der Waals surface area contributed by atoms with Crippen LogP contribution in [0.5, 0.6) is 0 Å². The molecule has 1 rings (SSSR count). The summed E-state index contributed by atoms with van der Waals surface area (Å²) in [7, 11) is 3.59. The standard InChI is InChI=1S/C10H18N4O.2ClH/c1-10(2,11)9(15)13(3)6-8-5-12-14(4)7-8;;/h5,7H,6,11H2,1-4H3;2*1H. The molecule has 0 bridgehead atoms. The van der Waals surface area contributed by atoms with Crippen LogP contribution in [0, 0.1) is 0 Å². The summed E-state index contributed by atoms with van der Waals surface area (Å²) in [6, 6.07) is 0. The molecule has 0 saturated heterocycles. The van der Waals surface area contributed by atoms with Crippen molar-refractivity contribution in [2.75, 3.05) is 7.05 Å². The Balaban J connectivity index is 0. The highest BCUT2D eigenvalue weighted by Crippen LogP contribution is 2.07. The van der Waals surface area contributed by atoms with Crippen LogP contribution in [0.25, 0.3) is 0 Å². The highest BCUT2D eigenvalue weighted by molar-refractivity contribution is 5.85. The molecule has 0 aromatic carbocycles. The zero-order valence-corrected chi connectivity index (χ0v) is 12.1. The predicted molar refractivity (Wildman–Crippen MR) is 72.4 cm³/mol. The number of nitrogens with two attached hydrogens (primary N) is 1. The number of aryl methyl sites for hydroxylation is 1. The number of halogens is 2. The van der Waals surface area contributed by atoms with Gasteiger partial charge in [0, 0.05) is 32.4 Å². The fourth-order valence-electron chi connectivity index (χ4n) is 1.39. The third-order valence-electron chi connectivity index (χ3n) is 2.08. The summed E-state index contributed by atoms with van der Waals surface area (Å²) in [5.41, 5.74) is 5.90. The van der Waals surface area contributed by atoms with E-state index >= 15 is 0 Å². The van der Waals surface area contributed by atoms with Crippen molar-refractivity contribution in [3.05, 3.63) is 18.0 Å². The maximum atomic E-state index is 11.7. The average Bonchev–Trinajstić information content (AvgIpc) is 2.48. The Hall–Kier alpha value is -0.780. The maximum absolute atomic E-state index is 11.7. The van der Waals surface area contributed by atoms with Gasteiger partial charge in [-0.25, -0.2) is 0 Å². The number of amides is 1. The van der Waals surface area contributed by atoms with Crippen LogP contribution in [0.3, 0.4) is 0 Å². The van der Waals surface area contributed by atoms with E-state index in [-0.39, 0.29) is 30.7 Å². The van der Waals surface area contributed by atoms with E-state index in [1.807, 2.05) is 13.2 Å². The van der Waals surface area contributed by atoms with Crippen LogP contribution in [0.4, 0.5) is 0 Å². The minimum Gasteiger partial charge on any atom is -0.340 e. The third kappa shape index (κ3) is 5.39. The van der Waals surface area contributed by atoms with E-state index in [1.54, 1.807) is 36.7 Å². The van der Waals surface area contributed by atoms with Crippen molar-refractivity contribution in [1.82, 2.24) is 14.7 Å². The molecule has 17 heavy (non-hydrogen) atoms. The fourth-order valence-corrected chi connectivity index (χ4v) is 1.39. The fraction of sp³-hybridized carbons (Fsp3) is 0.600. The van der Waals surface area contributed by atoms with Gasteiger partial charge < -0.3 is 10.6 Å². The van der Waals surface area contributed by atoms with E-state index < -0.39 is 5.54 Å². The van der Waals surface area contributed by atoms with E-state index in [0.29, 0.717) is 6.54 Å². The molecule has 100 valence electrons. The first-order valence-electron chi connectivity index (χ1n) is 4.82. The van der Waals surface area contributed by atoms with Crippen molar-refractivity contribution in [2.24, 2.45) is 12.8 Å². The quantitative estimate of drug-likeness (QED) is 0.898. The summed E-state index contributed by atoms with van der Waals surface area (Å²) in [5.74, 6) is -0.0775. The van der Waals surface area contributed by atoms with Gasteiger partial charge in [0.1, 0.15) is 0 Å². The van der Waals surface area contributed by atoms with Gasteiger partial charge in [0.05, 0.1) is 11.7 Å². The molecule has 0 radical (unpaired) electrons. The molecule has 1 amide bonds. The number of aromatic nitrogens is 2. The highest BCUT2D eigenvalue weighted by Gasteiger charge is 2.25. The Morgan fingerprint density at radius 2 is 2.06 bits per heavy atom. The Morgan fingerprint density at radius 1 is 1.53 bits per heavy atom. The molecule has 0 fully saturated rings. The third-order valence-corrected chi connectivity index (χ3v) is 2.08. The molecule has 0 saturated carbocycles. The lowest BCUT2D eigenvalue weighted by atomic mass is 10.1. The van der Waals surface area contributed by atoms with Gasteiger partial charge in [-0.05, 0) is 13.8 Å². The number of likely N-dealkylation sites (N-methyl/N-ethyl adjacent to an activating group) is 1. The summed E-state index contributed by atoms with van der Waals surface area (Å²) in [6.07, 6.45) is 3.63. The molecule has 1 aromatic heterocycles. The highest BCUT2D eigenvalue weighted by atomic mass is 35.5. The summed E-state index contributed by atoms with van der Waals surface area (Å²) < 4.78 is 1.71. The molecule has 7 heteroatoms. The lowest BCUT2D eigenvalue weighted by Crippen LogP contribution is -2.49. The second-order valence-corrected chi connectivity index (χ2v) is 4.41. The molecule has 1 aromatic rings. The Labute approximate surface area is 114 Å². The molecule has 0 aliphatic carbocycles. The monoisotopic (exact) mass is 282 g/mol. The van der Waals surface area contributed by atoms with Gasteiger partial charge >= 0.3 is 0 Å². The molecule has 0 unspecified atom stereocenters. The van der Waals surface area contributed by atoms with Crippen molar-refractivity contribution < 1.29 is 4.79 Å². The number of rotatable bonds is 3. The molecule has 0 aliphatic heterocycles. The van der Waals surface area contributed by atoms with Crippen molar-refractivity contribution in [1.29, 1.82) is 0 Å². The van der Waals surface area contributed by atoms with Crippen molar-refractivity contribution in [3.63, 3.8) is 0 Å². The van der Waals surface area contributed by atoms with Crippen LogP contribution in [-0.4, -0.2) is 33.2 Å². The Morgan fingerprint density at radius 3 is 2.41 bits per heavy atom. The Kier molecular flexibility index (Phi) is 7.47. The van der Waals surface area contributed by atoms with Gasteiger partial charge in [0.15, 0.2) is 0 Å². The van der Waals surface area contributed by atoms with E-state index in [1.165, 1.54) is 0 Å². The second-order valence-electron chi connectivity index (χ2n) is 4.41. The summed E-state index contributed by atoms with van der Waals surface area (Å²) in [4.78, 5) is 13.4. The largest absolute Gasteiger partial charge is 0.340 e. The zero-order valence-electron chi connectivity index (χ0n) is 10.5. The number of hydrogen-bond acceptors (Lipinski definition) is 3.